The predicted octanol–water partition coefficient (Wildman–Crippen LogP) is 3.53. The van der Waals surface area contributed by atoms with Gasteiger partial charge >= 0.3 is 11.7 Å². The number of methoxy groups -OCH3 is 1. The van der Waals surface area contributed by atoms with Crippen molar-refractivity contribution < 1.29 is 19.0 Å². The minimum absolute atomic E-state index is 0.276. The van der Waals surface area contributed by atoms with Gasteiger partial charge in [0.2, 0.25) is 5.69 Å². The number of imidazole rings is 2. The lowest BCUT2D eigenvalue weighted by molar-refractivity contribution is -0.954. The number of esters is 1. The van der Waals surface area contributed by atoms with Crippen LogP contribution in [0.15, 0.2) is 54.6 Å². The molecule has 1 atom stereocenters. The minimum Gasteiger partial charge on any atom is -0.463 e. The second kappa shape index (κ2) is 8.20. The highest BCUT2D eigenvalue weighted by Gasteiger charge is 2.55. The summed E-state index contributed by atoms with van der Waals surface area (Å²) in [6.45, 7) is 1.54. The van der Waals surface area contributed by atoms with Crippen LogP contribution >= 0.6 is 0 Å². The first-order valence-electron chi connectivity index (χ1n) is 13.5. The Morgan fingerprint density at radius 3 is 2.33 bits per heavy atom. The molecular weight excluding hydrogens is 448 g/mol. The predicted molar refractivity (Wildman–Crippen MR) is 138 cm³/mol. The molecule has 4 fully saturated rings. The highest BCUT2D eigenvalue weighted by Crippen LogP contribution is 2.54. The summed E-state index contributed by atoms with van der Waals surface area (Å²) in [5.74, 6) is 3.38. The van der Waals surface area contributed by atoms with Gasteiger partial charge in [0.25, 0.3) is 0 Å². The van der Waals surface area contributed by atoms with E-state index in [9.17, 15) is 4.79 Å². The van der Waals surface area contributed by atoms with Crippen molar-refractivity contribution >= 4 is 22.8 Å². The maximum atomic E-state index is 13.3. The quantitative estimate of drug-likeness (QED) is 0.325. The Bertz CT molecular complexity index is 1410. The number of hydrogen-bond acceptors (Lipinski definition) is 2. The van der Waals surface area contributed by atoms with E-state index in [0.717, 1.165) is 53.3 Å². The van der Waals surface area contributed by atoms with Crippen LogP contribution in [-0.4, -0.2) is 35.1 Å². The molecule has 4 aliphatic carbocycles. The normalized spacial score (nSPS) is 27.7. The number of nitrogens with one attached hydrogen (secondary N) is 2. The first kappa shape index (κ1) is 22.1. The average Bonchev–Trinajstić information content (AvgIpc) is 3.38. The number of nitrogens with zero attached hydrogens (tertiary/aromatic N) is 2. The van der Waals surface area contributed by atoms with Gasteiger partial charge in [-0.2, -0.15) is 4.40 Å². The number of para-hydroxylation sites is 2. The van der Waals surface area contributed by atoms with Crippen molar-refractivity contribution in [2.45, 2.75) is 57.2 Å². The van der Waals surface area contributed by atoms with Gasteiger partial charge in [-0.3, -0.25) is 0 Å². The van der Waals surface area contributed by atoms with E-state index in [-0.39, 0.29) is 5.97 Å². The molecule has 2 aromatic heterocycles. The van der Waals surface area contributed by atoms with Crippen molar-refractivity contribution in [1.82, 2.24) is 9.38 Å². The first-order valence-corrected chi connectivity index (χ1v) is 13.5. The highest BCUT2D eigenvalue weighted by atomic mass is 16.5. The van der Waals surface area contributed by atoms with Crippen molar-refractivity contribution in [3.63, 3.8) is 0 Å². The molecule has 0 spiro atoms. The van der Waals surface area contributed by atoms with Gasteiger partial charge in [0, 0.05) is 19.3 Å². The van der Waals surface area contributed by atoms with E-state index < -0.39 is 0 Å². The first-order chi connectivity index (χ1) is 17.5. The molecule has 4 aliphatic rings. The van der Waals surface area contributed by atoms with E-state index >= 15 is 0 Å². The number of carbonyl (C=O) groups is 1. The fourth-order valence-electron chi connectivity index (χ4n) is 8.36. The van der Waals surface area contributed by atoms with Gasteiger partial charge in [0.15, 0.2) is 5.69 Å². The molecule has 2 heterocycles. The maximum absolute atomic E-state index is 13.3. The van der Waals surface area contributed by atoms with E-state index in [1.807, 2.05) is 12.1 Å². The lowest BCUT2D eigenvalue weighted by Gasteiger charge is -2.57. The van der Waals surface area contributed by atoms with Gasteiger partial charge < -0.3 is 9.64 Å². The Labute approximate surface area is 211 Å². The van der Waals surface area contributed by atoms with E-state index in [4.69, 9.17) is 4.74 Å². The van der Waals surface area contributed by atoms with E-state index in [2.05, 4.69) is 63.5 Å². The Morgan fingerprint density at radius 1 is 1.03 bits per heavy atom. The zero-order valence-corrected chi connectivity index (χ0v) is 21.3. The Hall–Kier alpha value is -3.12. The fourth-order valence-corrected chi connectivity index (χ4v) is 8.36. The number of ether oxygens (including phenoxy) is 1. The molecule has 2 N–H and O–H groups in total. The van der Waals surface area contributed by atoms with Crippen molar-refractivity contribution in [2.75, 3.05) is 14.2 Å². The fraction of sp³-hybridized carbons (Fsp3) is 0.467. The molecule has 1 unspecified atom stereocenters. The van der Waals surface area contributed by atoms with Crippen LogP contribution in [0.5, 0.6) is 0 Å². The second-order valence-corrected chi connectivity index (χ2v) is 11.8. The molecule has 4 bridgehead atoms. The third-order valence-electron chi connectivity index (χ3n) is 9.60. The third kappa shape index (κ3) is 3.34. The molecule has 8 rings (SSSR count). The van der Waals surface area contributed by atoms with Crippen LogP contribution in [-0.2, 0) is 17.8 Å². The molecule has 0 amide bonds. The van der Waals surface area contributed by atoms with E-state index in [1.54, 1.807) is 4.90 Å². The van der Waals surface area contributed by atoms with Crippen molar-refractivity contribution in [2.24, 2.45) is 17.8 Å². The third-order valence-corrected chi connectivity index (χ3v) is 9.60. The molecule has 36 heavy (non-hydrogen) atoms. The summed E-state index contributed by atoms with van der Waals surface area (Å²) >= 11 is 0. The zero-order valence-electron chi connectivity index (χ0n) is 21.3. The SMILES string of the molecule is COC(=O)c1c(C[NH+](C)C23CC4CC(CC(C4)C2)C3)[nH]c2n1c1ccccc1[n+]2Cc1ccccc1. The summed E-state index contributed by atoms with van der Waals surface area (Å²) < 4.78 is 9.73. The summed E-state index contributed by atoms with van der Waals surface area (Å²) in [7, 11) is 3.85. The lowest BCUT2D eigenvalue weighted by Crippen LogP contribution is -3.17. The van der Waals surface area contributed by atoms with Crippen LogP contribution < -0.4 is 9.47 Å². The molecule has 4 aromatic rings. The molecular formula is C30H36N4O2+2. The summed E-state index contributed by atoms with van der Waals surface area (Å²) in [5, 5.41) is 0. The second-order valence-electron chi connectivity index (χ2n) is 11.8. The summed E-state index contributed by atoms with van der Waals surface area (Å²) in [6, 6.07) is 18.9. The van der Waals surface area contributed by atoms with Gasteiger partial charge in [-0.05, 0) is 54.7 Å². The number of aromatic nitrogens is 3. The molecule has 186 valence electrons. The zero-order chi connectivity index (χ0) is 24.4. The molecule has 6 nitrogen and oxygen atoms in total. The van der Waals surface area contributed by atoms with Crippen LogP contribution in [0.3, 0.4) is 0 Å². The van der Waals surface area contributed by atoms with Crippen LogP contribution in [0.4, 0.5) is 0 Å². The van der Waals surface area contributed by atoms with Crippen LogP contribution in [0.2, 0.25) is 0 Å². The van der Waals surface area contributed by atoms with Gasteiger partial charge in [0.05, 0.1) is 26.2 Å². The lowest BCUT2D eigenvalue weighted by atomic mass is 9.52. The Morgan fingerprint density at radius 2 is 1.67 bits per heavy atom. The van der Waals surface area contributed by atoms with Crippen molar-refractivity contribution in [3.05, 3.63) is 71.5 Å². The number of aromatic amines is 1. The molecule has 4 saturated carbocycles. The van der Waals surface area contributed by atoms with Gasteiger partial charge in [-0.25, -0.2) is 14.3 Å². The number of benzene rings is 2. The Kier molecular flexibility index (Phi) is 5.04. The number of rotatable bonds is 6. The topological polar surface area (TPSA) is 54.8 Å². The molecule has 2 aromatic carbocycles. The van der Waals surface area contributed by atoms with Crippen molar-refractivity contribution in [3.8, 4) is 0 Å². The van der Waals surface area contributed by atoms with E-state index in [1.165, 1.54) is 51.2 Å². The van der Waals surface area contributed by atoms with Crippen molar-refractivity contribution in [1.29, 1.82) is 0 Å². The standard InChI is InChI=1S/C30H34N4O2/c1-32(30-15-21-12-22(16-30)14-23(13-21)17-30)19-24-27(28(35)36-2)34-26-11-7-6-10-25(26)33(29(34)31-24)18-20-8-4-3-5-9-20/h3-11,21-23H,12-19H2,1-2H3/p+2. The van der Waals surface area contributed by atoms with E-state index in [0.29, 0.717) is 11.2 Å². The average molecular weight is 485 g/mol. The van der Waals surface area contributed by atoms with Crippen LogP contribution in [0.25, 0.3) is 16.8 Å². The number of hydrogen-bond donors (Lipinski definition) is 2. The van der Waals surface area contributed by atoms with Crippen LogP contribution in [0.1, 0.15) is 60.3 Å². The summed E-state index contributed by atoms with van der Waals surface area (Å²) in [6.07, 6.45) is 8.35. The molecule has 0 saturated heterocycles. The maximum Gasteiger partial charge on any atom is 0.374 e. The molecule has 0 aliphatic heterocycles. The highest BCUT2D eigenvalue weighted by molar-refractivity contribution is 5.92. The minimum atomic E-state index is -0.276. The van der Waals surface area contributed by atoms with Gasteiger partial charge in [-0.1, -0.05) is 42.5 Å². The van der Waals surface area contributed by atoms with Crippen LogP contribution in [0, 0.1) is 17.8 Å². The molecule has 0 radical (unpaired) electrons. The number of H-pyrrole nitrogens is 1. The smallest absolute Gasteiger partial charge is 0.374 e. The number of carbonyl (C=O) groups excluding carboxylic acids is 1. The largest absolute Gasteiger partial charge is 0.463 e. The molecule has 6 heteroatoms. The number of quaternary nitrogens is 1. The summed E-state index contributed by atoms with van der Waals surface area (Å²) in [5.41, 5.74) is 5.33. The van der Waals surface area contributed by atoms with Gasteiger partial charge in [-0.15, -0.1) is 0 Å². The summed E-state index contributed by atoms with van der Waals surface area (Å²) in [4.78, 5) is 18.5. The Balaban J connectivity index is 1.34. The number of fused-ring (bicyclic) bond motifs is 3. The monoisotopic (exact) mass is 484 g/mol. The van der Waals surface area contributed by atoms with Gasteiger partial charge in [0.1, 0.15) is 17.6 Å².